The van der Waals surface area contributed by atoms with Crippen LogP contribution in [0.3, 0.4) is 0 Å². The zero-order chi connectivity index (χ0) is 20.3. The van der Waals surface area contributed by atoms with Crippen LogP contribution in [0.1, 0.15) is 46.4 Å². The summed E-state index contributed by atoms with van der Waals surface area (Å²) in [6, 6.07) is 6.74. The fourth-order valence-corrected chi connectivity index (χ4v) is 3.67. The topological polar surface area (TPSA) is 77.0 Å². The summed E-state index contributed by atoms with van der Waals surface area (Å²) in [5, 5.41) is 9.04. The lowest BCUT2D eigenvalue weighted by molar-refractivity contribution is 0.0667. The molecule has 0 spiro atoms. The molecular formula is C21H21F2N3O2. The number of nitriles is 1. The molecule has 28 heavy (non-hydrogen) atoms. The molecule has 1 fully saturated rings. The number of likely N-dealkylation sites (tertiary alicyclic amines) is 1. The fraction of sp³-hybridized carbons (Fsp3) is 0.381. The standard InChI is InChI=1S/C21H21F2N3O2/c1-13-18(9-16(11-24)20(27)25-13)21(28)26-8-2-3-14(12-26)4-5-15-6-7-17(22)10-19(15)23/h6-7,9-10,14H,2-5,8,12H2,1H3,(H,25,27)/t14-/m0/s1. The van der Waals surface area contributed by atoms with E-state index in [9.17, 15) is 18.4 Å². The van der Waals surface area contributed by atoms with Gasteiger partial charge in [0.2, 0.25) is 0 Å². The van der Waals surface area contributed by atoms with Gasteiger partial charge in [-0.05, 0) is 56.2 Å². The maximum Gasteiger partial charge on any atom is 0.266 e. The van der Waals surface area contributed by atoms with E-state index in [-0.39, 0.29) is 17.4 Å². The van der Waals surface area contributed by atoms with Gasteiger partial charge >= 0.3 is 0 Å². The zero-order valence-corrected chi connectivity index (χ0v) is 15.6. The molecule has 2 heterocycles. The van der Waals surface area contributed by atoms with Crippen molar-refractivity contribution < 1.29 is 13.6 Å². The van der Waals surface area contributed by atoms with E-state index in [1.807, 2.05) is 0 Å². The molecule has 1 aliphatic rings. The number of halogens is 2. The molecule has 1 N–H and O–H groups in total. The Morgan fingerprint density at radius 1 is 1.36 bits per heavy atom. The lowest BCUT2D eigenvalue weighted by Crippen LogP contribution is -2.40. The first-order chi connectivity index (χ1) is 13.4. The Balaban J connectivity index is 1.68. The highest BCUT2D eigenvalue weighted by Gasteiger charge is 2.26. The molecule has 0 radical (unpaired) electrons. The molecular weight excluding hydrogens is 364 g/mol. The fourth-order valence-electron chi connectivity index (χ4n) is 3.67. The summed E-state index contributed by atoms with van der Waals surface area (Å²) in [5.74, 6) is -1.15. The number of nitrogens with one attached hydrogen (secondary N) is 1. The quantitative estimate of drug-likeness (QED) is 0.877. The van der Waals surface area contributed by atoms with Crippen molar-refractivity contribution in [1.29, 1.82) is 5.26 Å². The number of pyridine rings is 1. The van der Waals surface area contributed by atoms with Crippen LogP contribution in [0.2, 0.25) is 0 Å². The van der Waals surface area contributed by atoms with Gasteiger partial charge in [0.1, 0.15) is 23.3 Å². The highest BCUT2D eigenvalue weighted by Crippen LogP contribution is 2.24. The molecule has 1 aromatic carbocycles. The number of piperidine rings is 1. The highest BCUT2D eigenvalue weighted by atomic mass is 19.1. The molecule has 5 nitrogen and oxygen atoms in total. The highest BCUT2D eigenvalue weighted by molar-refractivity contribution is 5.95. The molecule has 0 bridgehead atoms. The number of carbonyl (C=O) groups excluding carboxylic acids is 1. The number of hydrogen-bond acceptors (Lipinski definition) is 3. The molecule has 0 aliphatic carbocycles. The average molecular weight is 385 g/mol. The van der Waals surface area contributed by atoms with Gasteiger partial charge in [0.15, 0.2) is 0 Å². The van der Waals surface area contributed by atoms with E-state index in [1.165, 1.54) is 18.2 Å². The Morgan fingerprint density at radius 2 is 2.14 bits per heavy atom. The second-order valence-corrected chi connectivity index (χ2v) is 7.20. The molecule has 2 aromatic rings. The van der Waals surface area contributed by atoms with E-state index in [4.69, 9.17) is 5.26 Å². The number of benzene rings is 1. The molecule has 0 saturated carbocycles. The minimum absolute atomic E-state index is 0.0886. The van der Waals surface area contributed by atoms with E-state index in [0.29, 0.717) is 42.8 Å². The second-order valence-electron chi connectivity index (χ2n) is 7.20. The van der Waals surface area contributed by atoms with Gasteiger partial charge in [-0.3, -0.25) is 9.59 Å². The van der Waals surface area contributed by atoms with Gasteiger partial charge in [-0.15, -0.1) is 0 Å². The first-order valence-corrected chi connectivity index (χ1v) is 9.26. The Bertz CT molecular complexity index is 994. The molecule has 1 atom stereocenters. The SMILES string of the molecule is Cc1[nH]c(=O)c(C#N)cc1C(=O)N1CCC[C@@H](CCc2ccc(F)cc2F)C1. The van der Waals surface area contributed by atoms with Crippen molar-refractivity contribution in [3.63, 3.8) is 0 Å². The smallest absolute Gasteiger partial charge is 0.266 e. The van der Waals surface area contributed by atoms with Crippen molar-refractivity contribution in [1.82, 2.24) is 9.88 Å². The number of hydrogen-bond donors (Lipinski definition) is 1. The Kier molecular flexibility index (Phi) is 5.88. The molecule has 1 aliphatic heterocycles. The number of nitrogens with zero attached hydrogens (tertiary/aromatic N) is 2. The summed E-state index contributed by atoms with van der Waals surface area (Å²) in [6.45, 7) is 2.76. The van der Waals surface area contributed by atoms with E-state index in [0.717, 1.165) is 18.9 Å². The van der Waals surface area contributed by atoms with Crippen LogP contribution in [0.15, 0.2) is 29.1 Å². The van der Waals surface area contributed by atoms with Crippen molar-refractivity contribution in [2.24, 2.45) is 5.92 Å². The maximum atomic E-state index is 13.8. The lowest BCUT2D eigenvalue weighted by Gasteiger charge is -2.33. The third-order valence-electron chi connectivity index (χ3n) is 5.23. The summed E-state index contributed by atoms with van der Waals surface area (Å²) in [7, 11) is 0. The summed E-state index contributed by atoms with van der Waals surface area (Å²) < 4.78 is 26.8. The van der Waals surface area contributed by atoms with Crippen LogP contribution in [-0.2, 0) is 6.42 Å². The van der Waals surface area contributed by atoms with Crippen LogP contribution in [-0.4, -0.2) is 28.9 Å². The summed E-state index contributed by atoms with van der Waals surface area (Å²) >= 11 is 0. The van der Waals surface area contributed by atoms with Crippen molar-refractivity contribution in [3.05, 3.63) is 68.6 Å². The predicted molar refractivity (Wildman–Crippen MR) is 99.8 cm³/mol. The van der Waals surface area contributed by atoms with Crippen molar-refractivity contribution >= 4 is 5.91 Å². The second kappa shape index (κ2) is 8.34. The van der Waals surface area contributed by atoms with Crippen LogP contribution in [0, 0.1) is 35.8 Å². The van der Waals surface area contributed by atoms with Crippen LogP contribution in [0.4, 0.5) is 8.78 Å². The molecule has 1 amide bonds. The largest absolute Gasteiger partial charge is 0.338 e. The Labute approximate surface area is 161 Å². The molecule has 146 valence electrons. The van der Waals surface area contributed by atoms with Gasteiger partial charge in [-0.25, -0.2) is 8.78 Å². The number of carbonyl (C=O) groups is 1. The third kappa shape index (κ3) is 4.28. The number of aryl methyl sites for hydroxylation is 2. The molecule has 3 rings (SSSR count). The van der Waals surface area contributed by atoms with Gasteiger partial charge in [-0.1, -0.05) is 6.07 Å². The molecule has 1 saturated heterocycles. The maximum absolute atomic E-state index is 13.8. The zero-order valence-electron chi connectivity index (χ0n) is 15.6. The van der Waals surface area contributed by atoms with Crippen LogP contribution in [0.5, 0.6) is 0 Å². The summed E-state index contributed by atoms with van der Waals surface area (Å²) in [5.41, 5.74) is 0.634. The van der Waals surface area contributed by atoms with E-state index >= 15 is 0 Å². The number of rotatable bonds is 4. The van der Waals surface area contributed by atoms with Gasteiger partial charge in [0.05, 0.1) is 5.56 Å². The number of aromatic nitrogens is 1. The van der Waals surface area contributed by atoms with Crippen molar-refractivity contribution in [2.75, 3.05) is 13.1 Å². The van der Waals surface area contributed by atoms with Gasteiger partial charge in [-0.2, -0.15) is 5.26 Å². The monoisotopic (exact) mass is 385 g/mol. The van der Waals surface area contributed by atoms with Gasteiger partial charge in [0.25, 0.3) is 11.5 Å². The van der Waals surface area contributed by atoms with Crippen LogP contribution in [0.25, 0.3) is 0 Å². The number of H-pyrrole nitrogens is 1. The lowest BCUT2D eigenvalue weighted by atomic mass is 9.91. The molecule has 0 unspecified atom stereocenters. The molecule has 1 aromatic heterocycles. The minimum Gasteiger partial charge on any atom is -0.338 e. The first-order valence-electron chi connectivity index (χ1n) is 9.26. The third-order valence-corrected chi connectivity index (χ3v) is 5.23. The van der Waals surface area contributed by atoms with Crippen molar-refractivity contribution in [2.45, 2.75) is 32.6 Å². The van der Waals surface area contributed by atoms with E-state index < -0.39 is 17.2 Å². The summed E-state index contributed by atoms with van der Waals surface area (Å²) in [4.78, 5) is 28.9. The predicted octanol–water partition coefficient (Wildman–Crippen LogP) is 3.32. The first kappa shape index (κ1) is 19.7. The van der Waals surface area contributed by atoms with E-state index in [2.05, 4.69) is 4.98 Å². The summed E-state index contributed by atoms with van der Waals surface area (Å²) in [6.07, 6.45) is 2.94. The van der Waals surface area contributed by atoms with Crippen LogP contribution >= 0.6 is 0 Å². The number of amides is 1. The van der Waals surface area contributed by atoms with Crippen molar-refractivity contribution in [3.8, 4) is 6.07 Å². The minimum atomic E-state index is -0.594. The van der Waals surface area contributed by atoms with E-state index in [1.54, 1.807) is 17.9 Å². The normalized spacial score (nSPS) is 16.6. The average Bonchev–Trinajstić information content (AvgIpc) is 2.67. The Morgan fingerprint density at radius 3 is 2.86 bits per heavy atom. The van der Waals surface area contributed by atoms with Gasteiger partial charge < -0.3 is 9.88 Å². The molecule has 7 heteroatoms. The number of aromatic amines is 1. The van der Waals surface area contributed by atoms with Crippen LogP contribution < -0.4 is 5.56 Å². The van der Waals surface area contributed by atoms with Gasteiger partial charge in [0, 0.05) is 24.8 Å². The Hall–Kier alpha value is -3.01.